The molecule has 13 heteroatoms. The SMILES string of the molecule is [B]C([B])([B])N1C(=O)C2(CCN(CCOc3cc(F)c4c(c3)CCNS4(=O)=O)CC2)c2cc(Cl)ccc21. The Morgan fingerprint density at radius 1 is 1.17 bits per heavy atom. The molecule has 1 amide bonds. The summed E-state index contributed by atoms with van der Waals surface area (Å²) in [6, 6.07) is 7.84. The Morgan fingerprint density at radius 3 is 2.58 bits per heavy atom. The van der Waals surface area contributed by atoms with E-state index >= 15 is 0 Å². The van der Waals surface area contributed by atoms with Crippen molar-refractivity contribution in [1.82, 2.24) is 9.62 Å². The van der Waals surface area contributed by atoms with E-state index in [0.717, 1.165) is 11.6 Å². The Bertz CT molecular complexity index is 1330. The molecular formula is C23H22B3ClFN3O4S. The number of rotatable bonds is 5. The zero-order chi connectivity index (χ0) is 25.9. The number of amides is 1. The van der Waals surface area contributed by atoms with Crippen molar-refractivity contribution in [2.75, 3.05) is 37.7 Å². The Morgan fingerprint density at radius 2 is 1.89 bits per heavy atom. The van der Waals surface area contributed by atoms with E-state index in [1.165, 1.54) is 4.90 Å². The van der Waals surface area contributed by atoms with E-state index in [-0.39, 0.29) is 29.7 Å². The number of nitrogens with one attached hydrogen (secondary N) is 1. The van der Waals surface area contributed by atoms with Gasteiger partial charge in [-0.2, -0.15) is 0 Å². The minimum absolute atomic E-state index is 0.220. The molecule has 0 saturated carbocycles. The van der Waals surface area contributed by atoms with Crippen molar-refractivity contribution in [3.05, 3.63) is 52.3 Å². The molecule has 6 radical (unpaired) electrons. The Labute approximate surface area is 219 Å². The number of likely N-dealkylation sites (tertiary alicyclic amines) is 1. The van der Waals surface area contributed by atoms with Gasteiger partial charge in [-0.25, -0.2) is 17.5 Å². The highest BCUT2D eigenvalue weighted by atomic mass is 35.5. The predicted octanol–water partition coefficient (Wildman–Crippen LogP) is 1.19. The topological polar surface area (TPSA) is 79.0 Å². The Kier molecular flexibility index (Phi) is 6.47. The molecule has 0 aromatic heterocycles. The molecule has 0 unspecified atom stereocenters. The van der Waals surface area contributed by atoms with Gasteiger partial charge in [0.25, 0.3) is 0 Å². The van der Waals surface area contributed by atoms with Gasteiger partial charge in [-0.05, 0) is 67.7 Å². The maximum atomic E-state index is 14.5. The minimum atomic E-state index is -3.83. The van der Waals surface area contributed by atoms with E-state index in [1.54, 1.807) is 24.3 Å². The smallest absolute Gasteiger partial charge is 0.243 e. The van der Waals surface area contributed by atoms with Crippen molar-refractivity contribution in [3.8, 4) is 5.75 Å². The number of sulfonamides is 1. The van der Waals surface area contributed by atoms with Gasteiger partial charge in [0.2, 0.25) is 15.9 Å². The van der Waals surface area contributed by atoms with Gasteiger partial charge < -0.3 is 9.64 Å². The van der Waals surface area contributed by atoms with E-state index in [4.69, 9.17) is 39.9 Å². The van der Waals surface area contributed by atoms with Crippen LogP contribution < -0.4 is 14.4 Å². The molecule has 1 fully saturated rings. The second kappa shape index (κ2) is 9.08. The van der Waals surface area contributed by atoms with Crippen LogP contribution in [0.4, 0.5) is 10.1 Å². The Hall–Kier alpha value is -2.01. The number of piperidine rings is 1. The maximum absolute atomic E-state index is 14.5. The lowest BCUT2D eigenvalue weighted by molar-refractivity contribution is -0.125. The fourth-order valence-corrected chi connectivity index (χ4v) is 6.94. The summed E-state index contributed by atoms with van der Waals surface area (Å²) in [6.07, 6.45) is 1.43. The van der Waals surface area contributed by atoms with Crippen LogP contribution >= 0.6 is 11.6 Å². The van der Waals surface area contributed by atoms with Crippen LogP contribution in [0.5, 0.6) is 5.75 Å². The van der Waals surface area contributed by atoms with Crippen LogP contribution in [0.15, 0.2) is 35.2 Å². The summed E-state index contributed by atoms with van der Waals surface area (Å²) in [5, 5.41) is -1.33. The van der Waals surface area contributed by atoms with Gasteiger partial charge in [0.1, 0.15) is 23.1 Å². The molecule has 182 valence electrons. The van der Waals surface area contributed by atoms with Crippen LogP contribution in [0.1, 0.15) is 24.0 Å². The second-order valence-corrected chi connectivity index (χ2v) is 11.6. The van der Waals surface area contributed by atoms with Gasteiger partial charge in [-0.1, -0.05) is 16.8 Å². The summed E-state index contributed by atoms with van der Waals surface area (Å²) >= 11 is 6.25. The fraction of sp³-hybridized carbons (Fsp3) is 0.435. The zero-order valence-electron chi connectivity index (χ0n) is 19.5. The van der Waals surface area contributed by atoms with Gasteiger partial charge in [0.05, 0.1) is 29.0 Å². The largest absolute Gasteiger partial charge is 0.492 e. The standard InChI is InChI=1S/C23H22B3ClFN3O4S/c24-23(25,26)31-19-2-1-15(27)12-17(19)22(21(31)32)4-7-30(8-5-22)9-10-35-16-11-14-3-6-29-36(33,34)20(14)18(28)13-16/h1-2,11-13,29H,3-10H2. The molecule has 1 spiro atoms. The number of anilines is 1. The van der Waals surface area contributed by atoms with Gasteiger partial charge in [0, 0.05) is 29.9 Å². The number of carbonyl (C=O) groups is 1. The third-order valence-electron chi connectivity index (χ3n) is 7.15. The van der Waals surface area contributed by atoms with Gasteiger partial charge in [-0.3, -0.25) is 9.69 Å². The molecule has 0 bridgehead atoms. The number of nitrogens with zero attached hydrogens (tertiary/aromatic N) is 2. The molecule has 36 heavy (non-hydrogen) atoms. The number of benzene rings is 2. The van der Waals surface area contributed by atoms with E-state index in [0.29, 0.717) is 55.2 Å². The van der Waals surface area contributed by atoms with Crippen LogP contribution in [0.3, 0.4) is 0 Å². The fourth-order valence-electron chi connectivity index (χ4n) is 5.43. The number of hydrogen-bond acceptors (Lipinski definition) is 5. The molecule has 1 saturated heterocycles. The normalized spacial score (nSPS) is 20.8. The minimum Gasteiger partial charge on any atom is -0.492 e. The maximum Gasteiger partial charge on any atom is 0.243 e. The van der Waals surface area contributed by atoms with E-state index in [2.05, 4.69) is 9.62 Å². The van der Waals surface area contributed by atoms with Crippen molar-refractivity contribution in [2.24, 2.45) is 0 Å². The average Bonchev–Trinajstić information content (AvgIpc) is 3.02. The quantitative estimate of drug-likeness (QED) is 0.596. The zero-order valence-corrected chi connectivity index (χ0v) is 21.0. The second-order valence-electron chi connectivity index (χ2n) is 9.50. The van der Waals surface area contributed by atoms with Crippen molar-refractivity contribution in [2.45, 2.75) is 34.8 Å². The predicted molar refractivity (Wildman–Crippen MR) is 137 cm³/mol. The van der Waals surface area contributed by atoms with Crippen LogP contribution in [0.25, 0.3) is 0 Å². The highest BCUT2D eigenvalue weighted by Crippen LogP contribution is 2.50. The van der Waals surface area contributed by atoms with Crippen LogP contribution in [-0.2, 0) is 26.7 Å². The number of halogens is 2. The number of hydrogen-bond donors (Lipinski definition) is 1. The van der Waals surface area contributed by atoms with Crippen molar-refractivity contribution >= 4 is 56.8 Å². The highest BCUT2D eigenvalue weighted by molar-refractivity contribution is 7.89. The lowest BCUT2D eigenvalue weighted by Crippen LogP contribution is -2.57. The first-order chi connectivity index (χ1) is 16.9. The molecule has 5 rings (SSSR count). The lowest BCUT2D eigenvalue weighted by Gasteiger charge is -2.40. The summed E-state index contributed by atoms with van der Waals surface area (Å²) < 4.78 is 46.7. The van der Waals surface area contributed by atoms with E-state index in [9.17, 15) is 17.6 Å². The van der Waals surface area contributed by atoms with Crippen LogP contribution in [0, 0.1) is 5.82 Å². The first kappa shape index (κ1) is 25.6. The molecular weight excluding hydrogens is 501 g/mol. The summed E-state index contributed by atoms with van der Waals surface area (Å²) in [4.78, 5) is 16.6. The van der Waals surface area contributed by atoms with E-state index in [1.807, 2.05) is 0 Å². The third-order valence-corrected chi connectivity index (χ3v) is 8.96. The molecule has 2 aromatic carbocycles. The Balaban J connectivity index is 1.25. The van der Waals surface area contributed by atoms with Crippen molar-refractivity contribution in [3.63, 3.8) is 0 Å². The van der Waals surface area contributed by atoms with Gasteiger partial charge in [0.15, 0.2) is 0 Å². The van der Waals surface area contributed by atoms with Gasteiger partial charge in [-0.15, -0.1) is 0 Å². The molecule has 7 nitrogen and oxygen atoms in total. The molecule has 0 aliphatic carbocycles. The van der Waals surface area contributed by atoms with Crippen LogP contribution in [0.2, 0.25) is 5.02 Å². The van der Waals surface area contributed by atoms with Crippen molar-refractivity contribution < 1.29 is 22.3 Å². The average molecular weight is 523 g/mol. The molecule has 1 N–H and O–H groups in total. The molecule has 2 aromatic rings. The summed E-state index contributed by atoms with van der Waals surface area (Å²) in [5.74, 6) is -0.781. The third kappa shape index (κ3) is 4.36. The molecule has 3 aliphatic rings. The summed E-state index contributed by atoms with van der Waals surface area (Å²) in [6.45, 7) is 2.24. The molecule has 3 heterocycles. The van der Waals surface area contributed by atoms with E-state index < -0.39 is 26.5 Å². The highest BCUT2D eigenvalue weighted by Gasteiger charge is 2.53. The number of ether oxygens (including phenoxy) is 1. The van der Waals surface area contributed by atoms with Crippen molar-refractivity contribution in [1.29, 1.82) is 0 Å². The van der Waals surface area contributed by atoms with Gasteiger partial charge >= 0.3 is 0 Å². The summed E-state index contributed by atoms with van der Waals surface area (Å²) in [5.41, 5.74) is 0.930. The number of carbonyl (C=O) groups excluding carboxylic acids is 1. The molecule has 0 atom stereocenters. The summed E-state index contributed by atoms with van der Waals surface area (Å²) in [7, 11) is 14.0. The first-order valence-corrected chi connectivity index (χ1v) is 13.5. The first-order valence-electron chi connectivity index (χ1n) is 11.6. The molecule has 3 aliphatic heterocycles. The van der Waals surface area contributed by atoms with Crippen LogP contribution in [-0.4, -0.2) is 80.8 Å². The lowest BCUT2D eigenvalue weighted by atomic mass is 9.48. The monoisotopic (exact) mass is 523 g/mol. The number of fused-ring (bicyclic) bond motifs is 3.